The molecule has 1 rings (SSSR count). The van der Waals surface area contributed by atoms with Gasteiger partial charge in [-0.05, 0) is 12.8 Å². The van der Waals surface area contributed by atoms with Crippen molar-refractivity contribution in [3.63, 3.8) is 0 Å². The summed E-state index contributed by atoms with van der Waals surface area (Å²) in [5, 5.41) is 9.51. The van der Waals surface area contributed by atoms with Crippen LogP contribution < -0.4 is 0 Å². The SMILES string of the molecule is OCCCCCSc1ncc[nH]1. The van der Waals surface area contributed by atoms with Crippen molar-refractivity contribution in [1.82, 2.24) is 9.97 Å². The van der Waals surface area contributed by atoms with Gasteiger partial charge < -0.3 is 10.1 Å². The zero-order chi connectivity index (χ0) is 8.65. The largest absolute Gasteiger partial charge is 0.396 e. The molecule has 68 valence electrons. The summed E-state index contributed by atoms with van der Waals surface area (Å²) in [7, 11) is 0. The molecular formula is C8H14N2OS. The van der Waals surface area contributed by atoms with Crippen LogP contribution in [0.4, 0.5) is 0 Å². The Morgan fingerprint density at radius 2 is 2.33 bits per heavy atom. The minimum atomic E-state index is 0.311. The van der Waals surface area contributed by atoms with E-state index in [2.05, 4.69) is 9.97 Å². The van der Waals surface area contributed by atoms with Crippen LogP contribution in [0.1, 0.15) is 19.3 Å². The summed E-state index contributed by atoms with van der Waals surface area (Å²) in [5.74, 6) is 1.08. The third-order valence-corrected chi connectivity index (χ3v) is 2.50. The molecule has 2 N–H and O–H groups in total. The Hall–Kier alpha value is -0.480. The first kappa shape index (κ1) is 9.61. The highest BCUT2D eigenvalue weighted by molar-refractivity contribution is 7.99. The minimum absolute atomic E-state index is 0.311. The highest BCUT2D eigenvalue weighted by Gasteiger charge is 1.94. The number of aromatic nitrogens is 2. The van der Waals surface area contributed by atoms with Gasteiger partial charge in [-0.2, -0.15) is 0 Å². The average Bonchev–Trinajstić information content (AvgIpc) is 2.57. The van der Waals surface area contributed by atoms with Crippen LogP contribution in [0.25, 0.3) is 0 Å². The normalized spacial score (nSPS) is 10.4. The van der Waals surface area contributed by atoms with Crippen LogP contribution in [0.15, 0.2) is 17.6 Å². The standard InChI is InChI=1S/C8H14N2OS/c11-6-2-1-3-7-12-8-9-4-5-10-8/h4-5,11H,1-3,6-7H2,(H,9,10). The van der Waals surface area contributed by atoms with Gasteiger partial charge >= 0.3 is 0 Å². The number of aliphatic hydroxyl groups is 1. The molecule has 0 saturated heterocycles. The van der Waals surface area contributed by atoms with Gasteiger partial charge in [0.25, 0.3) is 0 Å². The van der Waals surface area contributed by atoms with Crippen molar-refractivity contribution in [2.24, 2.45) is 0 Å². The van der Waals surface area contributed by atoms with Crippen LogP contribution in [0.3, 0.4) is 0 Å². The van der Waals surface area contributed by atoms with Crippen molar-refractivity contribution < 1.29 is 5.11 Å². The number of nitrogens with one attached hydrogen (secondary N) is 1. The lowest BCUT2D eigenvalue weighted by Gasteiger charge is -1.96. The lowest BCUT2D eigenvalue weighted by atomic mass is 10.3. The number of thioether (sulfide) groups is 1. The predicted molar refractivity (Wildman–Crippen MR) is 50.2 cm³/mol. The molecule has 1 aromatic rings. The van der Waals surface area contributed by atoms with E-state index in [-0.39, 0.29) is 0 Å². The van der Waals surface area contributed by atoms with Crippen molar-refractivity contribution >= 4 is 11.8 Å². The van der Waals surface area contributed by atoms with Gasteiger partial charge in [0, 0.05) is 24.8 Å². The molecule has 0 aliphatic carbocycles. The average molecular weight is 186 g/mol. The molecule has 0 atom stereocenters. The van der Waals surface area contributed by atoms with Crippen LogP contribution in [0, 0.1) is 0 Å². The van der Waals surface area contributed by atoms with E-state index in [0.29, 0.717) is 6.61 Å². The number of nitrogens with zero attached hydrogens (tertiary/aromatic N) is 1. The maximum absolute atomic E-state index is 8.52. The number of hydrogen-bond donors (Lipinski definition) is 2. The van der Waals surface area contributed by atoms with Crippen LogP contribution in [-0.4, -0.2) is 27.4 Å². The molecule has 3 nitrogen and oxygen atoms in total. The minimum Gasteiger partial charge on any atom is -0.396 e. The highest BCUT2D eigenvalue weighted by Crippen LogP contribution is 2.13. The van der Waals surface area contributed by atoms with Crippen LogP contribution in [0.2, 0.25) is 0 Å². The van der Waals surface area contributed by atoms with Gasteiger partial charge in [-0.15, -0.1) is 0 Å². The molecule has 4 heteroatoms. The second-order valence-electron chi connectivity index (χ2n) is 2.53. The second-order valence-corrected chi connectivity index (χ2v) is 3.61. The highest BCUT2D eigenvalue weighted by atomic mass is 32.2. The van der Waals surface area contributed by atoms with Gasteiger partial charge in [0.05, 0.1) is 0 Å². The summed E-state index contributed by atoms with van der Waals surface area (Å²) in [6, 6.07) is 0. The van der Waals surface area contributed by atoms with E-state index in [1.807, 2.05) is 6.20 Å². The molecule has 0 aliphatic heterocycles. The van der Waals surface area contributed by atoms with Crippen molar-refractivity contribution in [3.8, 4) is 0 Å². The van der Waals surface area contributed by atoms with E-state index >= 15 is 0 Å². The summed E-state index contributed by atoms with van der Waals surface area (Å²) in [6.07, 6.45) is 6.75. The number of unbranched alkanes of at least 4 members (excludes halogenated alkanes) is 2. The van der Waals surface area contributed by atoms with Gasteiger partial charge in [-0.1, -0.05) is 18.2 Å². The number of H-pyrrole nitrogens is 1. The molecule has 0 amide bonds. The zero-order valence-electron chi connectivity index (χ0n) is 6.99. The van der Waals surface area contributed by atoms with E-state index < -0.39 is 0 Å². The van der Waals surface area contributed by atoms with E-state index in [1.54, 1.807) is 18.0 Å². The quantitative estimate of drug-likeness (QED) is 0.525. The smallest absolute Gasteiger partial charge is 0.165 e. The van der Waals surface area contributed by atoms with Gasteiger partial charge in [0.1, 0.15) is 0 Å². The van der Waals surface area contributed by atoms with Gasteiger partial charge in [0.2, 0.25) is 0 Å². The molecule has 0 saturated carbocycles. The Balaban J connectivity index is 1.96. The third kappa shape index (κ3) is 3.78. The fourth-order valence-electron chi connectivity index (χ4n) is 0.889. The molecule has 0 bridgehead atoms. The summed E-state index contributed by atoms with van der Waals surface area (Å²) >= 11 is 1.73. The molecule has 0 aliphatic rings. The molecule has 1 heterocycles. The number of rotatable bonds is 6. The number of aromatic amines is 1. The lowest BCUT2D eigenvalue weighted by Crippen LogP contribution is -1.85. The van der Waals surface area contributed by atoms with Crippen molar-refractivity contribution in [2.45, 2.75) is 24.4 Å². The maximum Gasteiger partial charge on any atom is 0.165 e. The molecule has 0 spiro atoms. The first-order valence-corrected chi connectivity index (χ1v) is 5.15. The first-order valence-electron chi connectivity index (χ1n) is 4.16. The number of aliphatic hydroxyl groups excluding tert-OH is 1. The number of imidazole rings is 1. The summed E-state index contributed by atoms with van der Waals surface area (Å²) < 4.78 is 0. The Bertz CT molecular complexity index is 189. The molecule has 0 fully saturated rings. The molecule has 0 aromatic carbocycles. The van der Waals surface area contributed by atoms with E-state index in [0.717, 1.165) is 30.2 Å². The van der Waals surface area contributed by atoms with Crippen LogP contribution in [-0.2, 0) is 0 Å². The third-order valence-electron chi connectivity index (χ3n) is 1.51. The second kappa shape index (κ2) is 6.08. The van der Waals surface area contributed by atoms with Gasteiger partial charge in [-0.3, -0.25) is 0 Å². The molecular weight excluding hydrogens is 172 g/mol. The Morgan fingerprint density at radius 1 is 1.42 bits per heavy atom. The number of hydrogen-bond acceptors (Lipinski definition) is 3. The van der Waals surface area contributed by atoms with Crippen molar-refractivity contribution in [2.75, 3.05) is 12.4 Å². The van der Waals surface area contributed by atoms with E-state index in [9.17, 15) is 0 Å². The van der Waals surface area contributed by atoms with Crippen molar-refractivity contribution in [3.05, 3.63) is 12.4 Å². The Labute approximate surface area is 76.6 Å². The summed E-state index contributed by atoms with van der Waals surface area (Å²) in [6.45, 7) is 0.311. The van der Waals surface area contributed by atoms with Crippen molar-refractivity contribution in [1.29, 1.82) is 0 Å². The molecule has 12 heavy (non-hydrogen) atoms. The fourth-order valence-corrected chi connectivity index (χ4v) is 1.72. The monoisotopic (exact) mass is 186 g/mol. The molecule has 0 unspecified atom stereocenters. The Kier molecular flexibility index (Phi) is 4.87. The Morgan fingerprint density at radius 3 is 3.00 bits per heavy atom. The lowest BCUT2D eigenvalue weighted by molar-refractivity contribution is 0.284. The van der Waals surface area contributed by atoms with E-state index in [1.165, 1.54) is 0 Å². The summed E-state index contributed by atoms with van der Waals surface area (Å²) in [5.41, 5.74) is 0. The first-order chi connectivity index (χ1) is 5.93. The van der Waals surface area contributed by atoms with Gasteiger partial charge in [-0.25, -0.2) is 4.98 Å². The maximum atomic E-state index is 8.52. The topological polar surface area (TPSA) is 48.9 Å². The zero-order valence-corrected chi connectivity index (χ0v) is 7.81. The van der Waals surface area contributed by atoms with Crippen LogP contribution >= 0.6 is 11.8 Å². The van der Waals surface area contributed by atoms with Crippen LogP contribution in [0.5, 0.6) is 0 Å². The van der Waals surface area contributed by atoms with Gasteiger partial charge in [0.15, 0.2) is 5.16 Å². The van der Waals surface area contributed by atoms with E-state index in [4.69, 9.17) is 5.11 Å². The predicted octanol–water partition coefficient (Wildman–Crippen LogP) is 1.66. The molecule has 0 radical (unpaired) electrons. The summed E-state index contributed by atoms with van der Waals surface area (Å²) in [4.78, 5) is 7.12. The molecule has 1 aromatic heterocycles. The fraction of sp³-hybridized carbons (Fsp3) is 0.625.